The van der Waals surface area contributed by atoms with Gasteiger partial charge in [-0.1, -0.05) is 54.3 Å². The van der Waals surface area contributed by atoms with Crippen molar-refractivity contribution in [3.05, 3.63) is 83.1 Å². The highest BCUT2D eigenvalue weighted by molar-refractivity contribution is 7.89. The number of hydrogen-bond acceptors (Lipinski definition) is 6. The number of nitrogens with zero attached hydrogens (tertiary/aromatic N) is 4. The van der Waals surface area contributed by atoms with Gasteiger partial charge in [-0.05, 0) is 61.4 Å². The number of carbonyl (C=O) groups is 1. The molecule has 0 unspecified atom stereocenters. The second-order valence-corrected chi connectivity index (χ2v) is 12.5. The highest BCUT2D eigenvalue weighted by Gasteiger charge is 2.30. The predicted molar refractivity (Wildman–Crippen MR) is 148 cm³/mol. The van der Waals surface area contributed by atoms with Crippen molar-refractivity contribution in [3.8, 4) is 0 Å². The van der Waals surface area contributed by atoms with Gasteiger partial charge in [0, 0.05) is 24.8 Å². The first-order valence-corrected chi connectivity index (χ1v) is 14.8. The third-order valence-electron chi connectivity index (χ3n) is 6.75. The zero-order chi connectivity index (χ0) is 26.0. The van der Waals surface area contributed by atoms with Gasteiger partial charge in [0.2, 0.25) is 10.0 Å². The number of hydrogen-bond donors (Lipinski definition) is 0. The van der Waals surface area contributed by atoms with Crippen molar-refractivity contribution in [2.45, 2.75) is 49.6 Å². The maximum Gasteiger partial charge on any atom is 0.260 e. The maximum atomic E-state index is 13.7. The molecule has 10 heteroatoms. The van der Waals surface area contributed by atoms with Crippen molar-refractivity contribution in [2.24, 2.45) is 0 Å². The minimum Gasteiger partial charge on any atom is -0.278 e. The van der Waals surface area contributed by atoms with Crippen LogP contribution in [0.5, 0.6) is 0 Å². The van der Waals surface area contributed by atoms with E-state index in [1.54, 1.807) is 36.3 Å². The summed E-state index contributed by atoms with van der Waals surface area (Å²) in [6.45, 7) is 0.210. The molecule has 0 saturated heterocycles. The molecule has 37 heavy (non-hydrogen) atoms. The van der Waals surface area contributed by atoms with Crippen LogP contribution in [0.4, 0.5) is 5.13 Å². The average molecular weight is 555 g/mol. The van der Waals surface area contributed by atoms with Crippen molar-refractivity contribution in [1.29, 1.82) is 0 Å². The topological polar surface area (TPSA) is 83.5 Å². The summed E-state index contributed by atoms with van der Waals surface area (Å²) in [5.41, 5.74) is 1.70. The molecule has 0 atom stereocenters. The van der Waals surface area contributed by atoms with E-state index >= 15 is 0 Å². The van der Waals surface area contributed by atoms with E-state index in [1.165, 1.54) is 27.8 Å². The number of carbonyl (C=O) groups excluding carboxylic acids is 1. The number of amides is 1. The molecule has 1 saturated carbocycles. The summed E-state index contributed by atoms with van der Waals surface area (Å²) in [6.07, 6.45) is 6.66. The molecule has 2 aromatic heterocycles. The Balaban J connectivity index is 1.45. The molecule has 0 radical (unpaired) electrons. The number of anilines is 1. The number of fused-ring (bicyclic) bond motifs is 1. The van der Waals surface area contributed by atoms with Crippen LogP contribution >= 0.6 is 22.9 Å². The summed E-state index contributed by atoms with van der Waals surface area (Å²) >= 11 is 7.71. The molecule has 0 bridgehead atoms. The van der Waals surface area contributed by atoms with E-state index < -0.39 is 10.0 Å². The van der Waals surface area contributed by atoms with Gasteiger partial charge in [-0.15, -0.1) is 0 Å². The van der Waals surface area contributed by atoms with Crippen LogP contribution < -0.4 is 4.90 Å². The lowest BCUT2D eigenvalue weighted by Gasteiger charge is -2.30. The Kier molecular flexibility index (Phi) is 7.57. The van der Waals surface area contributed by atoms with Crippen LogP contribution in [-0.4, -0.2) is 41.7 Å². The fourth-order valence-corrected chi connectivity index (χ4v) is 7.31. The van der Waals surface area contributed by atoms with Gasteiger partial charge in [-0.25, -0.2) is 13.4 Å². The lowest BCUT2D eigenvalue weighted by Crippen LogP contribution is -2.38. The van der Waals surface area contributed by atoms with Crippen LogP contribution in [0.1, 0.15) is 48.2 Å². The second-order valence-electron chi connectivity index (χ2n) is 9.13. The molecular weight excluding hydrogens is 528 g/mol. The summed E-state index contributed by atoms with van der Waals surface area (Å²) in [6, 6.07) is 17.2. The normalized spacial score (nSPS) is 14.8. The fourth-order valence-electron chi connectivity index (χ4n) is 4.63. The number of pyridine rings is 1. The number of thiazole rings is 1. The van der Waals surface area contributed by atoms with Crippen molar-refractivity contribution in [3.63, 3.8) is 0 Å². The summed E-state index contributed by atoms with van der Waals surface area (Å²) < 4.78 is 28.8. The molecule has 192 valence electrons. The van der Waals surface area contributed by atoms with Crippen LogP contribution in [-0.2, 0) is 16.6 Å². The van der Waals surface area contributed by atoms with Crippen LogP contribution in [0.3, 0.4) is 0 Å². The number of sulfonamides is 1. The first-order valence-electron chi connectivity index (χ1n) is 12.2. The number of rotatable bonds is 7. The van der Waals surface area contributed by atoms with E-state index in [1.807, 2.05) is 30.3 Å². The van der Waals surface area contributed by atoms with Gasteiger partial charge in [0.1, 0.15) is 5.52 Å². The summed E-state index contributed by atoms with van der Waals surface area (Å²) in [7, 11) is -2.00. The maximum absolute atomic E-state index is 13.7. The molecule has 2 aromatic carbocycles. The van der Waals surface area contributed by atoms with E-state index in [2.05, 4.69) is 9.97 Å². The van der Waals surface area contributed by atoms with E-state index in [9.17, 15) is 13.2 Å². The van der Waals surface area contributed by atoms with E-state index in [4.69, 9.17) is 11.6 Å². The van der Waals surface area contributed by atoms with Gasteiger partial charge in [-0.2, -0.15) is 4.31 Å². The largest absolute Gasteiger partial charge is 0.278 e. The number of aromatic nitrogens is 2. The Bertz CT molecular complexity index is 1500. The molecule has 1 aliphatic carbocycles. The van der Waals surface area contributed by atoms with Gasteiger partial charge >= 0.3 is 0 Å². The van der Waals surface area contributed by atoms with Gasteiger partial charge in [0.15, 0.2) is 5.13 Å². The van der Waals surface area contributed by atoms with Gasteiger partial charge in [0.25, 0.3) is 5.91 Å². The van der Waals surface area contributed by atoms with Crippen LogP contribution in [0.15, 0.2) is 71.8 Å². The smallest absolute Gasteiger partial charge is 0.260 e. The Labute approximate surface area is 225 Å². The minimum atomic E-state index is -3.65. The lowest BCUT2D eigenvalue weighted by atomic mass is 9.96. The first-order chi connectivity index (χ1) is 17.8. The second kappa shape index (κ2) is 10.9. The number of benzene rings is 2. The number of halogens is 1. The zero-order valence-electron chi connectivity index (χ0n) is 20.4. The molecule has 2 heterocycles. The van der Waals surface area contributed by atoms with Crippen molar-refractivity contribution >= 4 is 54.2 Å². The Morgan fingerprint density at radius 3 is 2.46 bits per heavy atom. The van der Waals surface area contributed by atoms with E-state index in [0.29, 0.717) is 26.9 Å². The average Bonchev–Trinajstić information content (AvgIpc) is 3.37. The van der Waals surface area contributed by atoms with Crippen LogP contribution in [0, 0.1) is 0 Å². The Hall–Kier alpha value is -2.85. The van der Waals surface area contributed by atoms with Crippen molar-refractivity contribution < 1.29 is 13.2 Å². The highest BCUT2D eigenvalue weighted by Crippen LogP contribution is 2.34. The molecule has 5 rings (SSSR count). The standard InChI is InChI=1S/C27H27ClN4O3S2/c1-31(21-9-3-2-4-10-21)37(34,35)22-15-13-19(14-16-22)26(33)32(18-20-8-5-6-17-29-20)27-30-25-23(28)11-7-12-24(25)36-27/h5-8,11-17,21H,2-4,9-10,18H2,1H3. The minimum absolute atomic E-state index is 0.0137. The lowest BCUT2D eigenvalue weighted by molar-refractivity contribution is 0.0984. The monoisotopic (exact) mass is 554 g/mol. The third kappa shape index (κ3) is 5.40. The molecule has 1 amide bonds. The Morgan fingerprint density at radius 2 is 1.78 bits per heavy atom. The fraction of sp³-hybridized carbons (Fsp3) is 0.296. The van der Waals surface area contributed by atoms with Gasteiger partial charge in [-0.3, -0.25) is 14.7 Å². The molecule has 0 aliphatic heterocycles. The molecule has 4 aromatic rings. The van der Waals surface area contributed by atoms with Gasteiger partial charge < -0.3 is 0 Å². The molecule has 0 N–H and O–H groups in total. The zero-order valence-corrected chi connectivity index (χ0v) is 22.8. The van der Waals surface area contributed by atoms with Crippen LogP contribution in [0.25, 0.3) is 10.2 Å². The molecule has 7 nitrogen and oxygen atoms in total. The molecular formula is C27H27ClN4O3S2. The molecule has 0 spiro atoms. The number of para-hydroxylation sites is 1. The summed E-state index contributed by atoms with van der Waals surface area (Å²) in [5.74, 6) is -0.301. The first kappa shape index (κ1) is 25.8. The molecule has 1 fully saturated rings. The molecule has 1 aliphatic rings. The SMILES string of the molecule is CN(C1CCCCC1)S(=O)(=O)c1ccc(C(=O)N(Cc2ccccn2)c2nc3c(Cl)cccc3s2)cc1. The van der Waals surface area contributed by atoms with Crippen molar-refractivity contribution in [1.82, 2.24) is 14.3 Å². The highest BCUT2D eigenvalue weighted by atomic mass is 35.5. The van der Waals surface area contributed by atoms with Crippen molar-refractivity contribution in [2.75, 3.05) is 11.9 Å². The summed E-state index contributed by atoms with van der Waals surface area (Å²) in [4.78, 5) is 24.5. The Morgan fingerprint density at radius 1 is 1.03 bits per heavy atom. The quantitative estimate of drug-likeness (QED) is 0.274. The van der Waals surface area contributed by atoms with Gasteiger partial charge in [0.05, 0.1) is 26.9 Å². The third-order valence-corrected chi connectivity index (χ3v) is 10.0. The van der Waals surface area contributed by atoms with E-state index in [-0.39, 0.29) is 23.4 Å². The van der Waals surface area contributed by atoms with Crippen LogP contribution in [0.2, 0.25) is 5.02 Å². The summed E-state index contributed by atoms with van der Waals surface area (Å²) in [5, 5.41) is 1.01. The van der Waals surface area contributed by atoms with E-state index in [0.717, 1.165) is 36.8 Å². The predicted octanol–water partition coefficient (Wildman–Crippen LogP) is 6.14.